The second-order valence-electron chi connectivity index (χ2n) is 7.61. The molecule has 1 aromatic carbocycles. The van der Waals surface area contributed by atoms with Crippen molar-refractivity contribution in [2.45, 2.75) is 52.2 Å². The van der Waals surface area contributed by atoms with E-state index in [4.69, 9.17) is 9.47 Å². The molecule has 0 spiro atoms. The minimum atomic E-state index is -0.460. The summed E-state index contributed by atoms with van der Waals surface area (Å²) in [7, 11) is 0. The number of amides is 1. The molecular weight excluding hydrogens is 316 g/mol. The summed E-state index contributed by atoms with van der Waals surface area (Å²) in [5, 5.41) is 1.04. The lowest BCUT2D eigenvalue weighted by molar-refractivity contribution is 0.0128. The summed E-state index contributed by atoms with van der Waals surface area (Å²) in [4.78, 5) is 18.3. The number of pyridine rings is 1. The number of carbonyl (C=O) groups is 1. The van der Waals surface area contributed by atoms with Gasteiger partial charge < -0.3 is 14.4 Å². The van der Waals surface area contributed by atoms with Gasteiger partial charge >= 0.3 is 6.09 Å². The summed E-state index contributed by atoms with van der Waals surface area (Å²) < 4.78 is 11.7. The van der Waals surface area contributed by atoms with Gasteiger partial charge in [-0.15, -0.1) is 0 Å². The van der Waals surface area contributed by atoms with Crippen molar-refractivity contribution in [3.8, 4) is 5.75 Å². The number of ether oxygens (including phenoxy) is 2. The smallest absolute Gasteiger partial charge is 0.410 e. The quantitative estimate of drug-likeness (QED) is 0.815. The van der Waals surface area contributed by atoms with E-state index in [0.29, 0.717) is 13.1 Å². The SMILES string of the molecule is Cc1ccc2nccc(OC3CCN(C(=O)OC(C)(C)C)CC3)c2c1. The maximum absolute atomic E-state index is 12.1. The zero-order chi connectivity index (χ0) is 18.0. The van der Waals surface area contributed by atoms with Crippen molar-refractivity contribution in [2.75, 3.05) is 13.1 Å². The van der Waals surface area contributed by atoms with Gasteiger partial charge in [0, 0.05) is 37.5 Å². The monoisotopic (exact) mass is 342 g/mol. The third-order valence-electron chi connectivity index (χ3n) is 4.24. The molecular formula is C20H26N2O3. The highest BCUT2D eigenvalue weighted by Gasteiger charge is 2.27. The Labute approximate surface area is 148 Å². The van der Waals surface area contributed by atoms with Gasteiger partial charge in [0.2, 0.25) is 0 Å². The Bertz CT molecular complexity index is 759. The normalized spacial score (nSPS) is 16.1. The molecule has 2 aromatic rings. The van der Waals surface area contributed by atoms with Gasteiger partial charge in [-0.05, 0) is 45.9 Å². The fourth-order valence-corrected chi connectivity index (χ4v) is 3.00. The highest BCUT2D eigenvalue weighted by molar-refractivity contribution is 5.85. The number of fused-ring (bicyclic) bond motifs is 1. The van der Waals surface area contributed by atoms with Gasteiger partial charge in [-0.1, -0.05) is 11.6 Å². The van der Waals surface area contributed by atoms with Crippen molar-refractivity contribution in [1.29, 1.82) is 0 Å². The highest BCUT2D eigenvalue weighted by Crippen LogP contribution is 2.28. The van der Waals surface area contributed by atoms with Gasteiger partial charge in [0.05, 0.1) is 5.52 Å². The number of hydrogen-bond acceptors (Lipinski definition) is 4. The lowest BCUT2D eigenvalue weighted by Crippen LogP contribution is -2.44. The van der Waals surface area contributed by atoms with Crippen LogP contribution in [0.25, 0.3) is 10.9 Å². The van der Waals surface area contributed by atoms with Crippen LogP contribution in [0.1, 0.15) is 39.2 Å². The van der Waals surface area contributed by atoms with Crippen molar-refractivity contribution in [3.63, 3.8) is 0 Å². The number of aromatic nitrogens is 1. The molecule has 1 aliphatic heterocycles. The summed E-state index contributed by atoms with van der Waals surface area (Å²) in [5.41, 5.74) is 1.66. The number of benzene rings is 1. The van der Waals surface area contributed by atoms with Gasteiger partial charge in [0.15, 0.2) is 0 Å². The fourth-order valence-electron chi connectivity index (χ4n) is 3.00. The van der Waals surface area contributed by atoms with E-state index in [1.54, 1.807) is 11.1 Å². The summed E-state index contributed by atoms with van der Waals surface area (Å²) in [6.45, 7) is 9.03. The fraction of sp³-hybridized carbons (Fsp3) is 0.500. The van der Waals surface area contributed by atoms with E-state index in [1.165, 1.54) is 5.56 Å². The van der Waals surface area contributed by atoms with Crippen LogP contribution in [0.5, 0.6) is 5.75 Å². The summed E-state index contributed by atoms with van der Waals surface area (Å²) in [5.74, 6) is 0.865. The summed E-state index contributed by atoms with van der Waals surface area (Å²) >= 11 is 0. The lowest BCUT2D eigenvalue weighted by atomic mass is 10.1. The van der Waals surface area contributed by atoms with Crippen LogP contribution in [0, 0.1) is 6.92 Å². The van der Waals surface area contributed by atoms with Crippen molar-refractivity contribution in [3.05, 3.63) is 36.0 Å². The molecule has 1 saturated heterocycles. The summed E-state index contributed by atoms with van der Waals surface area (Å²) in [6, 6.07) is 8.09. The largest absolute Gasteiger partial charge is 0.490 e. The van der Waals surface area contributed by atoms with Crippen molar-refractivity contribution >= 4 is 17.0 Å². The number of carbonyl (C=O) groups excluding carboxylic acids is 1. The number of piperidine rings is 1. The molecule has 1 aromatic heterocycles. The minimum Gasteiger partial charge on any atom is -0.490 e. The molecule has 0 saturated carbocycles. The Morgan fingerprint density at radius 2 is 1.92 bits per heavy atom. The Morgan fingerprint density at radius 3 is 2.60 bits per heavy atom. The molecule has 0 bridgehead atoms. The highest BCUT2D eigenvalue weighted by atomic mass is 16.6. The molecule has 1 amide bonds. The Morgan fingerprint density at radius 1 is 1.20 bits per heavy atom. The Kier molecular flexibility index (Phi) is 4.84. The molecule has 2 heterocycles. The average molecular weight is 342 g/mol. The van der Waals surface area contributed by atoms with Crippen molar-refractivity contribution in [1.82, 2.24) is 9.88 Å². The van der Waals surface area contributed by atoms with E-state index in [0.717, 1.165) is 29.5 Å². The van der Waals surface area contributed by atoms with Gasteiger partial charge in [-0.3, -0.25) is 4.98 Å². The van der Waals surface area contributed by atoms with Crippen molar-refractivity contribution in [2.24, 2.45) is 0 Å². The number of likely N-dealkylation sites (tertiary alicyclic amines) is 1. The van der Waals surface area contributed by atoms with E-state index in [2.05, 4.69) is 24.0 Å². The zero-order valence-corrected chi connectivity index (χ0v) is 15.4. The van der Waals surface area contributed by atoms with Gasteiger partial charge in [0.25, 0.3) is 0 Å². The number of aryl methyl sites for hydroxylation is 1. The van der Waals surface area contributed by atoms with Gasteiger partial charge in [-0.25, -0.2) is 4.79 Å². The van der Waals surface area contributed by atoms with E-state index in [-0.39, 0.29) is 12.2 Å². The number of rotatable bonds is 2. The van der Waals surface area contributed by atoms with E-state index in [9.17, 15) is 4.79 Å². The third-order valence-corrected chi connectivity index (χ3v) is 4.24. The number of hydrogen-bond donors (Lipinski definition) is 0. The van der Waals surface area contributed by atoms with E-state index in [1.807, 2.05) is 32.9 Å². The van der Waals surface area contributed by atoms with Gasteiger partial charge in [0.1, 0.15) is 17.5 Å². The molecule has 1 aliphatic rings. The van der Waals surface area contributed by atoms with Crippen LogP contribution in [0.3, 0.4) is 0 Å². The molecule has 1 fully saturated rings. The molecule has 3 rings (SSSR count). The maximum Gasteiger partial charge on any atom is 0.410 e. The molecule has 0 aliphatic carbocycles. The Hall–Kier alpha value is -2.30. The van der Waals surface area contributed by atoms with Crippen LogP contribution in [-0.4, -0.2) is 40.8 Å². The topological polar surface area (TPSA) is 51.7 Å². The molecule has 25 heavy (non-hydrogen) atoms. The van der Waals surface area contributed by atoms with Crippen LogP contribution < -0.4 is 4.74 Å². The first-order valence-corrected chi connectivity index (χ1v) is 8.82. The lowest BCUT2D eigenvalue weighted by Gasteiger charge is -2.33. The second kappa shape index (κ2) is 6.90. The Balaban J connectivity index is 1.63. The molecule has 5 nitrogen and oxygen atoms in total. The third kappa shape index (κ3) is 4.41. The molecule has 0 atom stereocenters. The average Bonchev–Trinajstić information content (AvgIpc) is 2.54. The van der Waals surface area contributed by atoms with Gasteiger partial charge in [-0.2, -0.15) is 0 Å². The first-order chi connectivity index (χ1) is 11.8. The van der Waals surface area contributed by atoms with E-state index >= 15 is 0 Å². The predicted octanol–water partition coefficient (Wildman–Crippen LogP) is 4.32. The first kappa shape index (κ1) is 17.5. The zero-order valence-electron chi connectivity index (χ0n) is 15.4. The molecule has 134 valence electrons. The molecule has 5 heteroatoms. The van der Waals surface area contributed by atoms with Crippen LogP contribution >= 0.6 is 0 Å². The minimum absolute atomic E-state index is 0.102. The van der Waals surface area contributed by atoms with Crippen LogP contribution in [0.15, 0.2) is 30.5 Å². The van der Waals surface area contributed by atoms with Crippen LogP contribution in [-0.2, 0) is 4.74 Å². The number of nitrogens with zero attached hydrogens (tertiary/aromatic N) is 2. The molecule has 0 unspecified atom stereocenters. The predicted molar refractivity (Wildman–Crippen MR) is 97.9 cm³/mol. The standard InChI is InChI=1S/C20H26N2O3/c1-14-5-6-17-16(13-14)18(7-10-21-17)24-15-8-11-22(12-9-15)19(23)25-20(2,3)4/h5-7,10,13,15H,8-9,11-12H2,1-4H3. The summed E-state index contributed by atoms with van der Waals surface area (Å²) in [6.07, 6.45) is 3.24. The first-order valence-electron chi connectivity index (χ1n) is 8.82. The second-order valence-corrected chi connectivity index (χ2v) is 7.61. The maximum atomic E-state index is 12.1. The van der Waals surface area contributed by atoms with Crippen molar-refractivity contribution < 1.29 is 14.3 Å². The molecule has 0 N–H and O–H groups in total. The molecule has 0 radical (unpaired) electrons. The van der Waals surface area contributed by atoms with E-state index < -0.39 is 5.60 Å². The van der Waals surface area contributed by atoms with Crippen LogP contribution in [0.4, 0.5) is 4.79 Å². The van der Waals surface area contributed by atoms with Crippen LogP contribution in [0.2, 0.25) is 0 Å².